The van der Waals surface area contributed by atoms with Gasteiger partial charge in [0.15, 0.2) is 0 Å². The first-order valence-electron chi connectivity index (χ1n) is 10.7. The maximum absolute atomic E-state index is 13.4. The molecule has 0 radical (unpaired) electrons. The van der Waals surface area contributed by atoms with Crippen LogP contribution in [0.2, 0.25) is 0 Å². The number of piperazine rings is 1. The summed E-state index contributed by atoms with van der Waals surface area (Å²) >= 11 is 1.52. The lowest BCUT2D eigenvalue weighted by molar-refractivity contribution is -0.137. The Morgan fingerprint density at radius 1 is 1.16 bits per heavy atom. The molecule has 0 aromatic heterocycles. The first kappa shape index (κ1) is 22.5. The van der Waals surface area contributed by atoms with E-state index in [0.717, 1.165) is 41.5 Å². The molecule has 0 spiro atoms. The second-order valence-corrected chi connectivity index (χ2v) is 9.40. The Kier molecular flexibility index (Phi) is 6.81. The molecule has 2 atom stereocenters. The SMILES string of the molecule is CC(CC1CNCCN1CCO)CN1c2ccccc2Sc2ccc(C(F)(F)F)cc21. The molecule has 2 N–H and O–H groups in total. The zero-order valence-corrected chi connectivity index (χ0v) is 18.3. The largest absolute Gasteiger partial charge is 0.416 e. The summed E-state index contributed by atoms with van der Waals surface area (Å²) < 4.78 is 40.2. The van der Waals surface area contributed by atoms with Crippen molar-refractivity contribution in [3.63, 3.8) is 0 Å². The Morgan fingerprint density at radius 3 is 2.71 bits per heavy atom. The average molecular weight is 452 g/mol. The summed E-state index contributed by atoms with van der Waals surface area (Å²) in [7, 11) is 0. The summed E-state index contributed by atoms with van der Waals surface area (Å²) in [5.74, 6) is 0.254. The fourth-order valence-electron chi connectivity index (χ4n) is 4.51. The van der Waals surface area contributed by atoms with Crippen molar-refractivity contribution in [2.24, 2.45) is 5.92 Å². The van der Waals surface area contributed by atoms with Gasteiger partial charge < -0.3 is 15.3 Å². The van der Waals surface area contributed by atoms with E-state index in [9.17, 15) is 18.3 Å². The Balaban J connectivity index is 1.59. The van der Waals surface area contributed by atoms with E-state index in [0.29, 0.717) is 24.8 Å². The van der Waals surface area contributed by atoms with Gasteiger partial charge >= 0.3 is 6.18 Å². The van der Waals surface area contributed by atoms with Crippen LogP contribution in [-0.2, 0) is 6.18 Å². The van der Waals surface area contributed by atoms with Gasteiger partial charge in [-0.3, -0.25) is 4.90 Å². The molecule has 4 nitrogen and oxygen atoms in total. The summed E-state index contributed by atoms with van der Waals surface area (Å²) in [6.07, 6.45) is -3.46. The lowest BCUT2D eigenvalue weighted by Gasteiger charge is -2.39. The van der Waals surface area contributed by atoms with Crippen LogP contribution in [0.5, 0.6) is 0 Å². The predicted octanol–water partition coefficient (Wildman–Crippen LogP) is 4.60. The molecule has 31 heavy (non-hydrogen) atoms. The third-order valence-electron chi connectivity index (χ3n) is 5.98. The summed E-state index contributed by atoms with van der Waals surface area (Å²) in [6.45, 7) is 6.26. The van der Waals surface area contributed by atoms with Crippen molar-refractivity contribution in [2.45, 2.75) is 35.4 Å². The van der Waals surface area contributed by atoms with Gasteiger partial charge in [-0.1, -0.05) is 30.8 Å². The summed E-state index contributed by atoms with van der Waals surface area (Å²) in [6, 6.07) is 12.3. The van der Waals surface area contributed by atoms with E-state index >= 15 is 0 Å². The van der Waals surface area contributed by atoms with Crippen LogP contribution in [0.1, 0.15) is 18.9 Å². The zero-order chi connectivity index (χ0) is 22.0. The average Bonchev–Trinajstić information content (AvgIpc) is 2.74. The highest BCUT2D eigenvalue weighted by Crippen LogP contribution is 2.49. The van der Waals surface area contributed by atoms with Crippen LogP contribution >= 0.6 is 11.8 Å². The van der Waals surface area contributed by atoms with Gasteiger partial charge in [0.2, 0.25) is 0 Å². The fourth-order valence-corrected chi connectivity index (χ4v) is 5.59. The van der Waals surface area contributed by atoms with Crippen molar-refractivity contribution < 1.29 is 18.3 Å². The maximum atomic E-state index is 13.4. The molecule has 2 aromatic carbocycles. The number of rotatable bonds is 6. The van der Waals surface area contributed by atoms with Gasteiger partial charge in [0.05, 0.1) is 23.5 Å². The van der Waals surface area contributed by atoms with Crippen molar-refractivity contribution in [2.75, 3.05) is 44.2 Å². The number of benzene rings is 2. The monoisotopic (exact) mass is 451 g/mol. The van der Waals surface area contributed by atoms with Crippen LogP contribution in [0.3, 0.4) is 0 Å². The number of fused-ring (bicyclic) bond motifs is 2. The Hall–Kier alpha value is -1.74. The molecule has 0 bridgehead atoms. The quantitative estimate of drug-likeness (QED) is 0.672. The summed E-state index contributed by atoms with van der Waals surface area (Å²) in [4.78, 5) is 6.26. The minimum absolute atomic E-state index is 0.134. The van der Waals surface area contributed by atoms with Crippen LogP contribution in [0, 0.1) is 5.92 Å². The van der Waals surface area contributed by atoms with Gasteiger partial charge in [-0.2, -0.15) is 13.2 Å². The van der Waals surface area contributed by atoms with Crippen molar-refractivity contribution >= 4 is 23.1 Å². The van der Waals surface area contributed by atoms with Gasteiger partial charge in [0.1, 0.15) is 0 Å². The zero-order valence-electron chi connectivity index (χ0n) is 17.5. The molecule has 168 valence electrons. The van der Waals surface area contributed by atoms with Crippen LogP contribution in [0.4, 0.5) is 24.5 Å². The van der Waals surface area contributed by atoms with Crippen molar-refractivity contribution in [3.8, 4) is 0 Å². The molecule has 1 fully saturated rings. The van der Waals surface area contributed by atoms with Gasteiger partial charge in [-0.05, 0) is 42.7 Å². The molecule has 2 unspecified atom stereocenters. The van der Waals surface area contributed by atoms with Crippen molar-refractivity contribution in [1.29, 1.82) is 0 Å². The minimum atomic E-state index is -4.37. The fraction of sp³-hybridized carbons (Fsp3) is 0.478. The Labute approximate surface area is 185 Å². The van der Waals surface area contributed by atoms with Gasteiger partial charge in [0.25, 0.3) is 0 Å². The van der Waals surface area contributed by atoms with Gasteiger partial charge in [-0.25, -0.2) is 0 Å². The molecule has 2 aromatic rings. The number of anilines is 2. The molecule has 2 aliphatic rings. The van der Waals surface area contributed by atoms with Crippen LogP contribution in [0.15, 0.2) is 52.3 Å². The third kappa shape index (κ3) is 5.03. The second kappa shape index (κ2) is 9.40. The number of halogens is 3. The number of alkyl halides is 3. The van der Waals surface area contributed by atoms with E-state index in [2.05, 4.69) is 17.1 Å². The Morgan fingerprint density at radius 2 is 1.94 bits per heavy atom. The topological polar surface area (TPSA) is 38.7 Å². The van der Waals surface area contributed by atoms with Crippen molar-refractivity contribution in [3.05, 3.63) is 48.0 Å². The smallest absolute Gasteiger partial charge is 0.395 e. The lowest BCUT2D eigenvalue weighted by Crippen LogP contribution is -2.52. The first-order valence-corrected chi connectivity index (χ1v) is 11.5. The number of aliphatic hydroxyl groups excluding tert-OH is 1. The predicted molar refractivity (Wildman–Crippen MR) is 118 cm³/mol. The molecule has 8 heteroatoms. The first-order chi connectivity index (χ1) is 14.9. The molecule has 0 amide bonds. The Bertz CT molecular complexity index is 906. The van der Waals surface area contributed by atoms with E-state index in [4.69, 9.17) is 0 Å². The number of hydrogen-bond acceptors (Lipinski definition) is 5. The second-order valence-electron chi connectivity index (χ2n) is 8.32. The van der Waals surface area contributed by atoms with E-state index < -0.39 is 11.7 Å². The number of aliphatic hydroxyl groups is 1. The van der Waals surface area contributed by atoms with E-state index in [-0.39, 0.29) is 12.5 Å². The normalized spacial score (nSPS) is 20.3. The molecular formula is C23H28F3N3OS. The summed E-state index contributed by atoms with van der Waals surface area (Å²) in [5, 5.41) is 12.8. The minimum Gasteiger partial charge on any atom is -0.395 e. The molecule has 1 saturated heterocycles. The van der Waals surface area contributed by atoms with Crippen molar-refractivity contribution in [1.82, 2.24) is 10.2 Å². The van der Waals surface area contributed by atoms with Crippen LogP contribution in [-0.4, -0.2) is 55.4 Å². The number of hydrogen-bond donors (Lipinski definition) is 2. The standard InChI is InChI=1S/C23H28F3N3OS/c1-16(12-18-14-27-8-9-28(18)10-11-30)15-29-19-4-2-3-5-21(19)31-22-7-6-17(13-20(22)29)23(24,25)26/h2-7,13,16,18,27,30H,8-12,14-15H2,1H3. The molecule has 2 aliphatic heterocycles. The molecule has 4 rings (SSSR count). The molecule has 2 heterocycles. The highest BCUT2D eigenvalue weighted by atomic mass is 32.2. The van der Waals surface area contributed by atoms with Gasteiger partial charge in [-0.15, -0.1) is 0 Å². The summed E-state index contributed by atoms with van der Waals surface area (Å²) in [5.41, 5.74) is 0.967. The lowest BCUT2D eigenvalue weighted by atomic mass is 9.97. The maximum Gasteiger partial charge on any atom is 0.416 e. The van der Waals surface area contributed by atoms with E-state index in [1.54, 1.807) is 6.07 Å². The highest BCUT2D eigenvalue weighted by molar-refractivity contribution is 7.99. The van der Waals surface area contributed by atoms with E-state index in [1.165, 1.54) is 23.9 Å². The molecule has 0 aliphatic carbocycles. The highest BCUT2D eigenvalue weighted by Gasteiger charge is 2.34. The number of β-amino-alcohol motifs (C(OH)–C–C–N with tert-alkyl or cyclic N) is 1. The number of nitrogens with one attached hydrogen (secondary N) is 1. The van der Waals surface area contributed by atoms with E-state index in [1.807, 2.05) is 29.2 Å². The number of para-hydroxylation sites is 1. The van der Waals surface area contributed by atoms with Gasteiger partial charge in [0, 0.05) is 48.6 Å². The number of nitrogens with zero attached hydrogens (tertiary/aromatic N) is 2. The van der Waals surface area contributed by atoms with Crippen LogP contribution in [0.25, 0.3) is 0 Å². The third-order valence-corrected chi connectivity index (χ3v) is 7.11. The van der Waals surface area contributed by atoms with Crippen LogP contribution < -0.4 is 10.2 Å². The molecule has 0 saturated carbocycles. The molecular weight excluding hydrogens is 423 g/mol.